The zero-order chi connectivity index (χ0) is 19.3. The van der Waals surface area contributed by atoms with Crippen molar-refractivity contribution in [1.82, 2.24) is 9.80 Å². The molecule has 1 unspecified atom stereocenters. The zero-order valence-corrected chi connectivity index (χ0v) is 16.0. The molecule has 0 radical (unpaired) electrons. The lowest BCUT2D eigenvalue weighted by Crippen LogP contribution is -2.38. The Labute approximate surface area is 155 Å². The van der Waals surface area contributed by atoms with Crippen LogP contribution in [0.1, 0.15) is 38.8 Å². The topological polar surface area (TPSA) is 70.1 Å². The molecule has 6 nitrogen and oxygen atoms in total. The Bertz CT molecular complexity index is 695. The predicted octanol–water partition coefficient (Wildman–Crippen LogP) is 2.71. The van der Waals surface area contributed by atoms with Gasteiger partial charge in [-0.1, -0.05) is 39.0 Å². The summed E-state index contributed by atoms with van der Waals surface area (Å²) in [6.45, 7) is 8.70. The molecule has 2 rings (SSSR count). The molecule has 142 valence electrons. The molecule has 0 saturated carbocycles. The minimum atomic E-state index is -0.623. The smallest absolute Gasteiger partial charge is 0.290 e. The largest absolute Gasteiger partial charge is 0.503 e. The predicted molar refractivity (Wildman–Crippen MR) is 100 cm³/mol. The van der Waals surface area contributed by atoms with Crippen LogP contribution in [0, 0.1) is 0 Å². The summed E-state index contributed by atoms with van der Waals surface area (Å²) in [5.41, 5.74) is 0.880. The highest BCUT2D eigenvalue weighted by Gasteiger charge is 2.43. The molecule has 1 N–H and O–H groups in total. The molecule has 0 aromatic heterocycles. The van der Waals surface area contributed by atoms with Gasteiger partial charge in [0.25, 0.3) is 5.91 Å². The number of hydrogen-bond acceptors (Lipinski definition) is 5. The van der Waals surface area contributed by atoms with Crippen LogP contribution in [0.25, 0.3) is 0 Å². The summed E-state index contributed by atoms with van der Waals surface area (Å²) in [5, 5.41) is 10.4. The number of ether oxygens (including phenoxy) is 1. The fraction of sp³-hybridized carbons (Fsp3) is 0.500. The van der Waals surface area contributed by atoms with E-state index in [1.807, 2.05) is 18.2 Å². The molecule has 1 aromatic carbocycles. The Morgan fingerprint density at radius 2 is 1.88 bits per heavy atom. The summed E-state index contributed by atoms with van der Waals surface area (Å²) in [6.07, 6.45) is 0.224. The number of benzene rings is 1. The summed E-state index contributed by atoms with van der Waals surface area (Å²) in [5.74, 6) is -0.566. The van der Waals surface area contributed by atoms with Crippen LogP contribution in [0.4, 0.5) is 0 Å². The van der Waals surface area contributed by atoms with E-state index < -0.39 is 17.7 Å². The van der Waals surface area contributed by atoms with E-state index in [1.54, 1.807) is 25.0 Å². The van der Waals surface area contributed by atoms with Gasteiger partial charge in [0.15, 0.2) is 11.5 Å². The van der Waals surface area contributed by atoms with E-state index in [2.05, 4.69) is 18.7 Å². The number of amides is 1. The highest BCUT2D eigenvalue weighted by atomic mass is 16.5. The lowest BCUT2D eigenvalue weighted by molar-refractivity contribution is -0.129. The van der Waals surface area contributed by atoms with E-state index in [4.69, 9.17) is 4.74 Å². The highest BCUT2D eigenvalue weighted by molar-refractivity contribution is 6.08. The van der Waals surface area contributed by atoms with Gasteiger partial charge in [-0.2, -0.15) is 0 Å². The van der Waals surface area contributed by atoms with Gasteiger partial charge >= 0.3 is 0 Å². The van der Waals surface area contributed by atoms with Crippen LogP contribution < -0.4 is 4.74 Å². The maximum absolute atomic E-state index is 12.7. The molecule has 1 amide bonds. The third-order valence-electron chi connectivity index (χ3n) is 4.91. The normalized spacial score (nSPS) is 17.3. The number of aliphatic hydroxyl groups excluding tert-OH is 1. The van der Waals surface area contributed by atoms with E-state index in [9.17, 15) is 14.7 Å². The standard InChI is InChI=1S/C20H28N2O4/c1-5-15(23)17-18(14-10-8-9-11-16(14)26-4)22(20(25)19(17)24)13-12-21(6-2)7-3/h8-11,18,24H,5-7,12-13H2,1-4H3. The second-order valence-electron chi connectivity index (χ2n) is 6.21. The monoisotopic (exact) mass is 360 g/mol. The molecule has 0 saturated heterocycles. The molecule has 1 aliphatic rings. The van der Waals surface area contributed by atoms with Crippen LogP contribution in [-0.2, 0) is 9.59 Å². The SMILES string of the molecule is CCC(=O)C1=C(O)C(=O)N(CCN(CC)CC)C1c1ccccc1OC. The third-order valence-corrected chi connectivity index (χ3v) is 4.91. The number of aliphatic hydroxyl groups is 1. The molecule has 0 bridgehead atoms. The number of para-hydroxylation sites is 1. The molecule has 1 aromatic rings. The Hall–Kier alpha value is -2.34. The summed E-state index contributed by atoms with van der Waals surface area (Å²) < 4.78 is 5.44. The third kappa shape index (κ3) is 3.75. The lowest BCUT2D eigenvalue weighted by Gasteiger charge is -2.30. The number of rotatable bonds is 9. The molecule has 0 spiro atoms. The first-order valence-electron chi connectivity index (χ1n) is 9.12. The van der Waals surface area contributed by atoms with Crippen molar-refractivity contribution in [2.75, 3.05) is 33.3 Å². The summed E-state index contributed by atoms with van der Waals surface area (Å²) in [7, 11) is 1.56. The summed E-state index contributed by atoms with van der Waals surface area (Å²) in [6, 6.07) is 6.69. The molecule has 1 aliphatic heterocycles. The van der Waals surface area contributed by atoms with E-state index in [0.717, 1.165) is 13.1 Å². The van der Waals surface area contributed by atoms with Gasteiger partial charge in [-0.25, -0.2) is 0 Å². The fourth-order valence-electron chi connectivity index (χ4n) is 3.36. The Kier molecular flexibility index (Phi) is 6.80. The Morgan fingerprint density at radius 1 is 1.23 bits per heavy atom. The van der Waals surface area contributed by atoms with Crippen molar-refractivity contribution in [3.63, 3.8) is 0 Å². The van der Waals surface area contributed by atoms with E-state index in [1.165, 1.54) is 0 Å². The quantitative estimate of drug-likeness (QED) is 0.733. The molecule has 6 heteroatoms. The molecule has 1 heterocycles. The zero-order valence-electron chi connectivity index (χ0n) is 16.0. The van der Waals surface area contributed by atoms with Gasteiger partial charge < -0.3 is 19.6 Å². The molecule has 26 heavy (non-hydrogen) atoms. The summed E-state index contributed by atoms with van der Waals surface area (Å²) in [4.78, 5) is 29.0. The highest BCUT2D eigenvalue weighted by Crippen LogP contribution is 2.41. The average Bonchev–Trinajstić information content (AvgIpc) is 2.92. The van der Waals surface area contributed by atoms with E-state index in [-0.39, 0.29) is 17.8 Å². The van der Waals surface area contributed by atoms with Gasteiger partial charge in [-0.3, -0.25) is 9.59 Å². The van der Waals surface area contributed by atoms with Crippen molar-refractivity contribution in [3.8, 4) is 5.75 Å². The van der Waals surface area contributed by atoms with Crippen LogP contribution in [0.5, 0.6) is 5.75 Å². The number of hydrogen-bond donors (Lipinski definition) is 1. The molecule has 1 atom stereocenters. The van der Waals surface area contributed by atoms with Crippen molar-refractivity contribution in [3.05, 3.63) is 41.2 Å². The number of ketones is 1. The van der Waals surface area contributed by atoms with Gasteiger partial charge in [0.2, 0.25) is 0 Å². The molecular weight excluding hydrogens is 332 g/mol. The minimum absolute atomic E-state index is 0.168. The van der Waals surface area contributed by atoms with Crippen LogP contribution in [-0.4, -0.2) is 59.9 Å². The second kappa shape index (κ2) is 8.85. The van der Waals surface area contributed by atoms with Gasteiger partial charge in [-0.15, -0.1) is 0 Å². The average molecular weight is 360 g/mol. The first-order valence-corrected chi connectivity index (χ1v) is 9.12. The van der Waals surface area contributed by atoms with Crippen LogP contribution in [0.3, 0.4) is 0 Å². The number of nitrogens with zero attached hydrogens (tertiary/aromatic N) is 2. The van der Waals surface area contributed by atoms with E-state index >= 15 is 0 Å². The first kappa shape index (κ1) is 20.0. The molecular formula is C20H28N2O4. The van der Waals surface area contributed by atoms with Crippen LogP contribution >= 0.6 is 0 Å². The number of Topliss-reactive ketones (excluding diaryl/α,β-unsaturated/α-hetero) is 1. The van der Waals surface area contributed by atoms with Crippen molar-refractivity contribution < 1.29 is 19.4 Å². The maximum atomic E-state index is 12.7. The maximum Gasteiger partial charge on any atom is 0.290 e. The second-order valence-corrected chi connectivity index (χ2v) is 6.21. The minimum Gasteiger partial charge on any atom is -0.503 e. The van der Waals surface area contributed by atoms with Gasteiger partial charge in [-0.05, 0) is 19.2 Å². The van der Waals surface area contributed by atoms with Crippen molar-refractivity contribution in [2.45, 2.75) is 33.2 Å². The van der Waals surface area contributed by atoms with Crippen molar-refractivity contribution >= 4 is 11.7 Å². The number of carbonyl (C=O) groups is 2. The molecule has 0 aliphatic carbocycles. The summed E-state index contributed by atoms with van der Waals surface area (Å²) >= 11 is 0. The number of methoxy groups -OCH3 is 1. The Morgan fingerprint density at radius 3 is 2.46 bits per heavy atom. The van der Waals surface area contributed by atoms with Crippen LogP contribution in [0.2, 0.25) is 0 Å². The van der Waals surface area contributed by atoms with Crippen molar-refractivity contribution in [2.24, 2.45) is 0 Å². The molecule has 0 fully saturated rings. The first-order chi connectivity index (χ1) is 12.5. The lowest BCUT2D eigenvalue weighted by atomic mass is 9.94. The fourth-order valence-corrected chi connectivity index (χ4v) is 3.36. The van der Waals surface area contributed by atoms with E-state index in [0.29, 0.717) is 24.4 Å². The van der Waals surface area contributed by atoms with Crippen LogP contribution in [0.15, 0.2) is 35.6 Å². The number of likely N-dealkylation sites (N-methyl/N-ethyl adjacent to an activating group) is 1. The Balaban J connectivity index is 2.46. The van der Waals surface area contributed by atoms with Crippen molar-refractivity contribution in [1.29, 1.82) is 0 Å². The van der Waals surface area contributed by atoms with Gasteiger partial charge in [0.1, 0.15) is 5.75 Å². The van der Waals surface area contributed by atoms with Gasteiger partial charge in [0, 0.05) is 25.1 Å². The number of carbonyl (C=O) groups excluding carboxylic acids is 2. The van der Waals surface area contributed by atoms with Gasteiger partial charge in [0.05, 0.1) is 18.7 Å².